The summed E-state index contributed by atoms with van der Waals surface area (Å²) in [7, 11) is 0. The summed E-state index contributed by atoms with van der Waals surface area (Å²) in [6, 6.07) is 9.05. The summed E-state index contributed by atoms with van der Waals surface area (Å²) in [5, 5.41) is 9.72. The Kier molecular flexibility index (Phi) is 7.34. The molecule has 0 spiro atoms. The van der Waals surface area contributed by atoms with Crippen LogP contribution in [0.1, 0.15) is 118 Å². The van der Waals surface area contributed by atoms with Crippen LogP contribution in [-0.4, -0.2) is 5.26 Å². The van der Waals surface area contributed by atoms with Gasteiger partial charge >= 0.3 is 0 Å². The molecule has 0 saturated heterocycles. The van der Waals surface area contributed by atoms with Crippen molar-refractivity contribution in [1.82, 2.24) is 0 Å². The van der Waals surface area contributed by atoms with Crippen molar-refractivity contribution >= 4 is 0 Å². The molecule has 1 unspecified atom stereocenters. The van der Waals surface area contributed by atoms with E-state index in [0.29, 0.717) is 5.92 Å². The maximum absolute atomic E-state index is 9.72. The first kappa shape index (κ1) is 21.4. The van der Waals surface area contributed by atoms with Gasteiger partial charge in [-0.15, -0.1) is 0 Å². The zero-order chi connectivity index (χ0) is 20.2. The van der Waals surface area contributed by atoms with E-state index in [0.717, 1.165) is 35.2 Å². The molecule has 0 aromatic heterocycles. The fourth-order valence-electron chi connectivity index (χ4n) is 6.65. The number of rotatable bonds is 5. The van der Waals surface area contributed by atoms with Crippen LogP contribution in [0.2, 0.25) is 0 Å². The van der Waals surface area contributed by atoms with E-state index in [2.05, 4.69) is 38.1 Å². The number of hydrogen-bond acceptors (Lipinski definition) is 2. The lowest BCUT2D eigenvalue weighted by Gasteiger charge is -2.38. The van der Waals surface area contributed by atoms with E-state index in [1.165, 1.54) is 82.6 Å². The van der Waals surface area contributed by atoms with Gasteiger partial charge in [0.1, 0.15) is 6.10 Å². The van der Waals surface area contributed by atoms with E-state index in [1.54, 1.807) is 0 Å². The van der Waals surface area contributed by atoms with Gasteiger partial charge in [0.2, 0.25) is 0 Å². The monoisotopic (exact) mass is 404 g/mol. The van der Waals surface area contributed by atoms with Crippen molar-refractivity contribution in [1.29, 1.82) is 0 Å². The van der Waals surface area contributed by atoms with Crippen molar-refractivity contribution in [2.24, 2.45) is 29.6 Å². The molecule has 0 heterocycles. The van der Waals surface area contributed by atoms with Crippen LogP contribution in [0.3, 0.4) is 0 Å². The first-order valence-electron chi connectivity index (χ1n) is 12.5. The van der Waals surface area contributed by atoms with Crippen LogP contribution in [0.25, 0.3) is 0 Å². The minimum Gasteiger partial charge on any atom is -0.251 e. The number of hydrogen-bond donors (Lipinski definition) is 1. The van der Waals surface area contributed by atoms with Crippen molar-refractivity contribution in [3.8, 4) is 0 Å². The van der Waals surface area contributed by atoms with E-state index in [1.807, 2.05) is 0 Å². The molecule has 3 aliphatic carbocycles. The van der Waals surface area contributed by atoms with Gasteiger partial charge in [-0.1, -0.05) is 63.8 Å². The smallest absolute Gasteiger partial charge is 0.120 e. The predicted octanol–water partition coefficient (Wildman–Crippen LogP) is 8.88. The second-order valence-corrected chi connectivity index (χ2v) is 10.8. The average Bonchev–Trinajstić information content (AvgIpc) is 2.76. The Balaban J connectivity index is 0.00000171. The molecule has 0 radical (unpaired) electrons. The number of benzene rings is 1. The molecule has 1 aromatic carbocycles. The molecule has 4 rings (SSSR count). The summed E-state index contributed by atoms with van der Waals surface area (Å²) in [5.74, 6) is 4.88. The van der Waals surface area contributed by atoms with Crippen LogP contribution in [0.5, 0.6) is 0 Å². The zero-order valence-corrected chi connectivity index (χ0v) is 18.7. The molecule has 2 nitrogen and oxygen atoms in total. The quantitative estimate of drug-likeness (QED) is 0.392. The first-order valence-corrected chi connectivity index (χ1v) is 12.5. The maximum Gasteiger partial charge on any atom is 0.120 e. The van der Waals surface area contributed by atoms with Gasteiger partial charge in [-0.25, -0.2) is 4.89 Å². The molecule has 3 aliphatic rings. The van der Waals surface area contributed by atoms with Gasteiger partial charge in [0.15, 0.2) is 0 Å². The lowest BCUT2D eigenvalue weighted by molar-refractivity contribution is -0.296. The first-order chi connectivity index (χ1) is 14.1. The molecule has 168 valence electrons. The van der Waals surface area contributed by atoms with Crippen molar-refractivity contribution < 1.29 is 14.4 Å². The summed E-state index contributed by atoms with van der Waals surface area (Å²) < 4.78 is 0. The minimum absolute atomic E-state index is 0. The van der Waals surface area contributed by atoms with Crippen molar-refractivity contribution in [3.05, 3.63) is 35.4 Å². The van der Waals surface area contributed by atoms with Crippen LogP contribution in [0, 0.1) is 29.6 Å². The van der Waals surface area contributed by atoms with E-state index in [9.17, 15) is 5.26 Å². The van der Waals surface area contributed by atoms with Crippen molar-refractivity contribution in [2.75, 3.05) is 0 Å². The largest absolute Gasteiger partial charge is 0.251 e. The molecule has 1 aromatic rings. The highest BCUT2D eigenvalue weighted by atomic mass is 17.1. The van der Waals surface area contributed by atoms with E-state index in [4.69, 9.17) is 4.89 Å². The van der Waals surface area contributed by atoms with Crippen LogP contribution >= 0.6 is 0 Å². The predicted molar refractivity (Wildman–Crippen MR) is 126 cm³/mol. The van der Waals surface area contributed by atoms with Crippen molar-refractivity contribution in [2.45, 2.75) is 103 Å². The Labute approximate surface area is 182 Å². The summed E-state index contributed by atoms with van der Waals surface area (Å²) in [5.41, 5.74) is 2.64. The third-order valence-corrected chi connectivity index (χ3v) is 8.84. The van der Waals surface area contributed by atoms with Gasteiger partial charge in [-0.05, 0) is 98.0 Å². The second-order valence-electron chi connectivity index (χ2n) is 10.8. The Bertz CT molecular complexity index is 614. The van der Waals surface area contributed by atoms with Crippen LogP contribution < -0.4 is 0 Å². The van der Waals surface area contributed by atoms with Crippen molar-refractivity contribution in [3.63, 3.8) is 0 Å². The van der Waals surface area contributed by atoms with Gasteiger partial charge in [-0.3, -0.25) is 5.26 Å². The fraction of sp³-hybridized carbons (Fsp3) is 0.778. The highest BCUT2D eigenvalue weighted by Gasteiger charge is 2.34. The third-order valence-electron chi connectivity index (χ3n) is 8.84. The Morgan fingerprint density at radius 2 is 1.21 bits per heavy atom. The highest BCUT2D eigenvalue weighted by molar-refractivity contribution is 5.27. The molecule has 29 heavy (non-hydrogen) atoms. The SMILES string of the molecule is CC1CCC(c2ccc(C(OO)C3CCC(C4CCC(C)CC4)CC3)cc2)CC1.[HH].[HH].[HH]. The maximum atomic E-state index is 9.72. The molecule has 0 aliphatic heterocycles. The molecule has 0 amide bonds. The van der Waals surface area contributed by atoms with Gasteiger partial charge in [0.25, 0.3) is 0 Å². The lowest BCUT2D eigenvalue weighted by Crippen LogP contribution is -2.28. The summed E-state index contributed by atoms with van der Waals surface area (Å²) in [6.45, 7) is 4.79. The summed E-state index contributed by atoms with van der Waals surface area (Å²) >= 11 is 0. The van der Waals surface area contributed by atoms with Gasteiger partial charge in [0.05, 0.1) is 0 Å². The summed E-state index contributed by atoms with van der Waals surface area (Å²) in [4.78, 5) is 5.07. The van der Waals surface area contributed by atoms with E-state index >= 15 is 0 Å². The Morgan fingerprint density at radius 3 is 1.72 bits per heavy atom. The molecule has 1 atom stereocenters. The van der Waals surface area contributed by atoms with Crippen LogP contribution in [-0.2, 0) is 4.89 Å². The molecule has 3 fully saturated rings. The lowest BCUT2D eigenvalue weighted by atomic mass is 9.68. The zero-order valence-electron chi connectivity index (χ0n) is 18.7. The van der Waals surface area contributed by atoms with E-state index < -0.39 is 0 Å². The molecular formula is C27H48O2. The summed E-state index contributed by atoms with van der Waals surface area (Å²) in [6.07, 6.45) is 16.0. The molecule has 3 saturated carbocycles. The third kappa shape index (κ3) is 5.25. The van der Waals surface area contributed by atoms with Gasteiger partial charge in [0, 0.05) is 4.28 Å². The average molecular weight is 405 g/mol. The second kappa shape index (κ2) is 9.96. The van der Waals surface area contributed by atoms with Crippen LogP contribution in [0.4, 0.5) is 0 Å². The minimum atomic E-state index is -0.150. The Hall–Kier alpha value is -0.860. The molecule has 2 heteroatoms. The van der Waals surface area contributed by atoms with Gasteiger partial charge < -0.3 is 0 Å². The van der Waals surface area contributed by atoms with E-state index in [-0.39, 0.29) is 10.4 Å². The van der Waals surface area contributed by atoms with Crippen LogP contribution in [0.15, 0.2) is 24.3 Å². The highest BCUT2D eigenvalue weighted by Crippen LogP contribution is 2.45. The molecule has 0 bridgehead atoms. The topological polar surface area (TPSA) is 29.5 Å². The van der Waals surface area contributed by atoms with Gasteiger partial charge in [-0.2, -0.15) is 0 Å². The Morgan fingerprint density at radius 1 is 0.724 bits per heavy atom. The standard InChI is InChI=1S/C27H42O2.3H2/c1-19-3-7-21(8-4-19)23-11-15-25(16-12-23)27(29-28)26-17-13-24(14-18-26)22-9-5-20(2)6-10-22;;;/h11-12,15-16,19-22,24,26-28H,3-10,13-14,17-18H2,1-2H3;3*1H. The molecular weight excluding hydrogens is 356 g/mol. The molecule has 1 N–H and O–H groups in total. The normalized spacial score (nSPS) is 37.2. The fourth-order valence-corrected chi connectivity index (χ4v) is 6.65.